The Morgan fingerprint density at radius 2 is 2.20 bits per heavy atom. The van der Waals surface area contributed by atoms with E-state index in [9.17, 15) is 8.78 Å². The first-order valence-electron chi connectivity index (χ1n) is 4.23. The fourth-order valence-electron chi connectivity index (χ4n) is 1.19. The van der Waals surface area contributed by atoms with Crippen LogP contribution in [0.2, 0.25) is 0 Å². The van der Waals surface area contributed by atoms with Crippen molar-refractivity contribution < 1.29 is 8.78 Å². The lowest BCUT2D eigenvalue weighted by Gasteiger charge is -2.20. The highest BCUT2D eigenvalue weighted by Crippen LogP contribution is 2.26. The molecule has 1 aromatic rings. The molecule has 0 bridgehead atoms. The highest BCUT2D eigenvalue weighted by Gasteiger charge is 2.11. The molecule has 1 aromatic carbocycles. The van der Waals surface area contributed by atoms with Crippen LogP contribution in [0.25, 0.3) is 0 Å². The zero-order chi connectivity index (χ0) is 11.4. The summed E-state index contributed by atoms with van der Waals surface area (Å²) in [4.78, 5) is 1.44. The molecule has 0 amide bonds. The quantitative estimate of drug-likeness (QED) is 0.847. The molecule has 0 aliphatic rings. The maximum absolute atomic E-state index is 12.1. The van der Waals surface area contributed by atoms with Crippen molar-refractivity contribution in [1.82, 2.24) is 0 Å². The van der Waals surface area contributed by atoms with Gasteiger partial charge >= 0.3 is 0 Å². The van der Waals surface area contributed by atoms with Crippen molar-refractivity contribution in [2.75, 3.05) is 18.5 Å². The van der Waals surface area contributed by atoms with E-state index < -0.39 is 6.43 Å². The summed E-state index contributed by atoms with van der Waals surface area (Å²) in [6.07, 6.45) is -2.38. The van der Waals surface area contributed by atoms with Crippen LogP contribution in [0, 0.1) is 11.3 Å². The Balaban J connectivity index is 2.91. The summed E-state index contributed by atoms with van der Waals surface area (Å²) in [6, 6.07) is 6.83. The summed E-state index contributed by atoms with van der Waals surface area (Å²) in [5.74, 6) is 0. The van der Waals surface area contributed by atoms with Gasteiger partial charge in [-0.1, -0.05) is 0 Å². The molecular weight excluding hydrogens is 266 g/mol. The van der Waals surface area contributed by atoms with Crippen LogP contribution in [0.1, 0.15) is 5.56 Å². The van der Waals surface area contributed by atoms with Gasteiger partial charge < -0.3 is 4.90 Å². The van der Waals surface area contributed by atoms with E-state index in [1.54, 1.807) is 25.2 Å². The van der Waals surface area contributed by atoms with Gasteiger partial charge in [0.25, 0.3) is 6.43 Å². The van der Waals surface area contributed by atoms with Gasteiger partial charge in [0.1, 0.15) is 0 Å². The van der Waals surface area contributed by atoms with Crippen LogP contribution in [0.15, 0.2) is 22.7 Å². The number of anilines is 1. The molecule has 80 valence electrons. The molecule has 0 atom stereocenters. The van der Waals surface area contributed by atoms with E-state index in [0.29, 0.717) is 15.7 Å². The van der Waals surface area contributed by atoms with Gasteiger partial charge in [0.2, 0.25) is 0 Å². The Labute approximate surface area is 95.2 Å². The number of halogens is 3. The number of hydrogen-bond donors (Lipinski definition) is 0. The topological polar surface area (TPSA) is 27.0 Å². The van der Waals surface area contributed by atoms with Crippen molar-refractivity contribution in [3.05, 3.63) is 28.2 Å². The molecule has 0 heterocycles. The molecule has 15 heavy (non-hydrogen) atoms. The monoisotopic (exact) mass is 274 g/mol. The molecule has 0 radical (unpaired) electrons. The van der Waals surface area contributed by atoms with E-state index in [2.05, 4.69) is 15.9 Å². The summed E-state index contributed by atoms with van der Waals surface area (Å²) < 4.78 is 24.9. The van der Waals surface area contributed by atoms with Crippen LogP contribution in [0.5, 0.6) is 0 Å². The third-order valence-corrected chi connectivity index (χ3v) is 2.54. The van der Waals surface area contributed by atoms with Crippen LogP contribution in [0.4, 0.5) is 14.5 Å². The van der Waals surface area contributed by atoms with Gasteiger partial charge in [-0.15, -0.1) is 0 Å². The smallest absolute Gasteiger partial charge is 0.255 e. The first kappa shape index (κ1) is 11.9. The lowest BCUT2D eigenvalue weighted by Crippen LogP contribution is -2.24. The van der Waals surface area contributed by atoms with Crippen molar-refractivity contribution in [2.45, 2.75) is 6.43 Å². The first-order valence-corrected chi connectivity index (χ1v) is 5.03. The standard InChI is InChI=1S/C10H9BrF2N2/c1-15(6-10(12)13)9-3-2-7(5-14)4-8(9)11/h2-4,10H,6H2,1H3. The summed E-state index contributed by atoms with van der Waals surface area (Å²) in [7, 11) is 1.58. The van der Waals surface area contributed by atoms with Crippen molar-refractivity contribution in [2.24, 2.45) is 0 Å². The SMILES string of the molecule is CN(CC(F)F)c1ccc(C#N)cc1Br. The van der Waals surface area contributed by atoms with Crippen LogP contribution in [-0.4, -0.2) is 20.0 Å². The summed E-state index contributed by atoms with van der Waals surface area (Å²) in [5.41, 5.74) is 1.14. The number of hydrogen-bond acceptors (Lipinski definition) is 2. The van der Waals surface area contributed by atoms with Crippen LogP contribution in [-0.2, 0) is 0 Å². The average molecular weight is 275 g/mol. The van der Waals surface area contributed by atoms with Gasteiger partial charge in [-0.25, -0.2) is 8.78 Å². The molecule has 0 saturated carbocycles. The highest BCUT2D eigenvalue weighted by atomic mass is 79.9. The highest BCUT2D eigenvalue weighted by molar-refractivity contribution is 9.10. The molecule has 0 aliphatic carbocycles. The number of nitrogens with zero attached hydrogens (tertiary/aromatic N) is 2. The lowest BCUT2D eigenvalue weighted by atomic mass is 10.2. The molecule has 0 aliphatic heterocycles. The minimum atomic E-state index is -2.38. The molecule has 2 nitrogen and oxygen atoms in total. The summed E-state index contributed by atoms with van der Waals surface area (Å²) in [5, 5.41) is 8.63. The molecule has 0 saturated heterocycles. The van der Waals surface area contributed by atoms with Crippen LogP contribution >= 0.6 is 15.9 Å². The average Bonchev–Trinajstić information content (AvgIpc) is 2.16. The van der Waals surface area contributed by atoms with Gasteiger partial charge in [-0.2, -0.15) is 5.26 Å². The molecule has 5 heteroatoms. The van der Waals surface area contributed by atoms with Gasteiger partial charge in [0.05, 0.1) is 23.9 Å². The van der Waals surface area contributed by atoms with Crippen molar-refractivity contribution in [1.29, 1.82) is 5.26 Å². The maximum atomic E-state index is 12.1. The van der Waals surface area contributed by atoms with Gasteiger partial charge in [0, 0.05) is 11.5 Å². The Bertz CT molecular complexity index is 387. The van der Waals surface area contributed by atoms with Crippen molar-refractivity contribution in [3.63, 3.8) is 0 Å². The second kappa shape index (κ2) is 5.08. The summed E-state index contributed by atoms with van der Waals surface area (Å²) >= 11 is 3.24. The van der Waals surface area contributed by atoms with E-state index >= 15 is 0 Å². The van der Waals surface area contributed by atoms with E-state index in [0.717, 1.165) is 0 Å². The van der Waals surface area contributed by atoms with Crippen LogP contribution in [0.3, 0.4) is 0 Å². The normalized spacial score (nSPS) is 10.1. The second-order valence-corrected chi connectivity index (χ2v) is 3.90. The minimum absolute atomic E-state index is 0.329. The molecule has 0 spiro atoms. The molecular formula is C10H9BrF2N2. The van der Waals surface area contributed by atoms with Crippen molar-refractivity contribution >= 4 is 21.6 Å². The zero-order valence-corrected chi connectivity index (χ0v) is 9.63. The van der Waals surface area contributed by atoms with Gasteiger partial charge in [-0.3, -0.25) is 0 Å². The molecule has 1 rings (SSSR count). The lowest BCUT2D eigenvalue weighted by molar-refractivity contribution is 0.156. The fraction of sp³-hybridized carbons (Fsp3) is 0.300. The Kier molecular flexibility index (Phi) is 4.04. The van der Waals surface area contributed by atoms with Gasteiger partial charge in [0.15, 0.2) is 0 Å². The van der Waals surface area contributed by atoms with Crippen LogP contribution < -0.4 is 4.90 Å². The number of alkyl halides is 2. The number of benzene rings is 1. The Morgan fingerprint density at radius 1 is 1.53 bits per heavy atom. The minimum Gasteiger partial charge on any atom is -0.368 e. The molecule has 0 aromatic heterocycles. The van der Waals surface area contributed by atoms with Crippen molar-refractivity contribution in [3.8, 4) is 6.07 Å². The predicted molar refractivity (Wildman–Crippen MR) is 58.1 cm³/mol. The van der Waals surface area contributed by atoms with E-state index in [1.165, 1.54) is 4.90 Å². The third-order valence-electron chi connectivity index (χ3n) is 1.90. The number of nitriles is 1. The second-order valence-electron chi connectivity index (χ2n) is 3.05. The van der Waals surface area contributed by atoms with E-state index in [1.807, 2.05) is 6.07 Å². The fourth-order valence-corrected chi connectivity index (χ4v) is 1.87. The van der Waals surface area contributed by atoms with E-state index in [4.69, 9.17) is 5.26 Å². The maximum Gasteiger partial charge on any atom is 0.255 e. The number of rotatable bonds is 3. The molecule has 0 unspecified atom stereocenters. The Morgan fingerprint density at radius 3 is 2.67 bits per heavy atom. The van der Waals surface area contributed by atoms with E-state index in [-0.39, 0.29) is 6.54 Å². The van der Waals surface area contributed by atoms with Gasteiger partial charge in [-0.05, 0) is 34.1 Å². The predicted octanol–water partition coefficient (Wildman–Crippen LogP) is 3.02. The molecule has 0 N–H and O–H groups in total. The largest absolute Gasteiger partial charge is 0.368 e. The third kappa shape index (κ3) is 3.17. The molecule has 0 fully saturated rings. The Hall–Kier alpha value is -1.15. The first-order chi connectivity index (χ1) is 7.04. The summed E-state index contributed by atoms with van der Waals surface area (Å²) in [6.45, 7) is -0.329. The zero-order valence-electron chi connectivity index (χ0n) is 8.04.